The van der Waals surface area contributed by atoms with Crippen molar-refractivity contribution in [3.8, 4) is 0 Å². The lowest BCUT2D eigenvalue weighted by molar-refractivity contribution is 0.552. The van der Waals surface area contributed by atoms with Gasteiger partial charge in [0.05, 0.1) is 11.4 Å². The molecule has 0 aliphatic heterocycles. The van der Waals surface area contributed by atoms with Crippen molar-refractivity contribution in [2.45, 2.75) is 23.4 Å². The van der Waals surface area contributed by atoms with Gasteiger partial charge in [-0.1, -0.05) is 11.8 Å². The summed E-state index contributed by atoms with van der Waals surface area (Å²) < 4.78 is 19.8. The summed E-state index contributed by atoms with van der Waals surface area (Å²) in [4.78, 5) is 8.48. The molecule has 1 heterocycles. The van der Waals surface area contributed by atoms with Gasteiger partial charge in [0.2, 0.25) is 0 Å². The minimum Gasteiger partial charge on any atom is -0.306 e. The first kappa shape index (κ1) is 11.0. The molecule has 2 rings (SSSR count). The summed E-state index contributed by atoms with van der Waals surface area (Å²) in [5.41, 5.74) is 0.747. The molecule has 82 valence electrons. The smallest absolute Gasteiger partial charge is 0.187 e. The summed E-state index contributed by atoms with van der Waals surface area (Å²) in [6.07, 6.45) is 5.53. The molecule has 0 spiro atoms. The van der Waals surface area contributed by atoms with Crippen LogP contribution < -0.4 is 0 Å². The number of nitrogens with zero attached hydrogens (tertiary/aromatic N) is 2. The van der Waals surface area contributed by atoms with Gasteiger partial charge in [-0.25, -0.2) is 14.2 Å². The highest BCUT2D eigenvalue weighted by Gasteiger charge is 2.47. The fourth-order valence-electron chi connectivity index (χ4n) is 1.60. The third-order valence-electron chi connectivity index (χ3n) is 2.61. The minimum absolute atomic E-state index is 0.160. The van der Waals surface area contributed by atoms with Gasteiger partial charge in [0.25, 0.3) is 0 Å². The number of hydrogen-bond donors (Lipinski definition) is 1. The molecule has 0 bridgehead atoms. The van der Waals surface area contributed by atoms with Crippen LogP contribution in [-0.2, 0) is 16.5 Å². The number of aromatic nitrogens is 2. The van der Waals surface area contributed by atoms with E-state index in [0.717, 1.165) is 23.7 Å². The molecule has 1 aromatic heterocycles. The summed E-state index contributed by atoms with van der Waals surface area (Å²) in [7, 11) is 0. The molecule has 1 N–H and O–H groups in total. The monoisotopic (exact) mass is 244 g/mol. The Morgan fingerprint density at radius 2 is 2.40 bits per heavy atom. The maximum atomic E-state index is 10.8. The standard InChI is InChI=1S/C9H12N2O2S2/c1-14-8-10-5-2-7(11-8)9(3-4-9)6-15(12)13/h2,5H,3-4,6H2,1H3,(H,12,13). The second kappa shape index (κ2) is 4.19. The highest BCUT2D eigenvalue weighted by atomic mass is 32.2. The van der Waals surface area contributed by atoms with Crippen LogP contribution in [0.4, 0.5) is 0 Å². The van der Waals surface area contributed by atoms with Crippen LogP contribution in [0.5, 0.6) is 0 Å². The SMILES string of the molecule is CSc1nccc(C2(CS(=O)O)CC2)n1. The number of thioether (sulfide) groups is 1. The molecular weight excluding hydrogens is 232 g/mol. The fourth-order valence-corrected chi connectivity index (χ4v) is 2.86. The van der Waals surface area contributed by atoms with E-state index in [9.17, 15) is 4.21 Å². The first-order chi connectivity index (χ1) is 7.16. The van der Waals surface area contributed by atoms with E-state index in [1.54, 1.807) is 6.20 Å². The van der Waals surface area contributed by atoms with Gasteiger partial charge in [-0.15, -0.1) is 0 Å². The summed E-state index contributed by atoms with van der Waals surface area (Å²) in [6, 6.07) is 1.85. The molecule has 1 aromatic rings. The second-order valence-electron chi connectivity index (χ2n) is 3.67. The van der Waals surface area contributed by atoms with E-state index < -0.39 is 11.1 Å². The number of rotatable bonds is 4. The lowest BCUT2D eigenvalue weighted by atomic mass is 10.1. The molecule has 1 saturated carbocycles. The van der Waals surface area contributed by atoms with Crippen LogP contribution in [0.2, 0.25) is 0 Å². The Kier molecular flexibility index (Phi) is 3.08. The minimum atomic E-state index is -1.75. The van der Waals surface area contributed by atoms with E-state index in [1.807, 2.05) is 12.3 Å². The largest absolute Gasteiger partial charge is 0.306 e. The zero-order valence-corrected chi connectivity index (χ0v) is 9.98. The van der Waals surface area contributed by atoms with Crippen molar-refractivity contribution in [1.29, 1.82) is 0 Å². The maximum absolute atomic E-state index is 10.8. The lowest BCUT2D eigenvalue weighted by Gasteiger charge is -2.12. The molecule has 6 heteroatoms. The molecule has 4 nitrogen and oxygen atoms in total. The van der Waals surface area contributed by atoms with Crippen LogP contribution in [0.3, 0.4) is 0 Å². The van der Waals surface area contributed by atoms with Crippen molar-refractivity contribution in [2.24, 2.45) is 0 Å². The van der Waals surface area contributed by atoms with Crippen LogP contribution in [0, 0.1) is 0 Å². The predicted octanol–water partition coefficient (Wildman–Crippen LogP) is 1.45. The molecule has 0 saturated heterocycles. The second-order valence-corrected chi connectivity index (χ2v) is 5.38. The average molecular weight is 244 g/mol. The maximum Gasteiger partial charge on any atom is 0.187 e. The lowest BCUT2D eigenvalue weighted by Crippen LogP contribution is -2.18. The number of hydrogen-bond acceptors (Lipinski definition) is 4. The molecule has 0 aromatic carbocycles. The van der Waals surface area contributed by atoms with E-state index in [4.69, 9.17) is 4.55 Å². The third-order valence-corrected chi connectivity index (χ3v) is 3.97. The van der Waals surface area contributed by atoms with Crippen LogP contribution in [0.25, 0.3) is 0 Å². The van der Waals surface area contributed by atoms with Gasteiger partial charge < -0.3 is 4.55 Å². The van der Waals surface area contributed by atoms with Crippen molar-refractivity contribution in [1.82, 2.24) is 9.97 Å². The molecule has 15 heavy (non-hydrogen) atoms. The predicted molar refractivity (Wildman–Crippen MR) is 60.4 cm³/mol. The first-order valence-electron chi connectivity index (χ1n) is 4.61. The Labute approximate surface area is 95.2 Å². The molecule has 1 aliphatic carbocycles. The highest BCUT2D eigenvalue weighted by molar-refractivity contribution is 7.98. The van der Waals surface area contributed by atoms with Gasteiger partial charge in [0.1, 0.15) is 0 Å². The first-order valence-corrected chi connectivity index (χ1v) is 7.11. The quantitative estimate of drug-likeness (QED) is 0.493. The summed E-state index contributed by atoms with van der Waals surface area (Å²) >= 11 is -0.264. The van der Waals surface area contributed by atoms with Crippen LogP contribution in [0.1, 0.15) is 18.5 Å². The van der Waals surface area contributed by atoms with Crippen LogP contribution in [0.15, 0.2) is 17.4 Å². The summed E-state index contributed by atoms with van der Waals surface area (Å²) in [6.45, 7) is 0. The Morgan fingerprint density at radius 1 is 1.67 bits per heavy atom. The summed E-state index contributed by atoms with van der Waals surface area (Å²) in [5, 5.41) is 0.725. The van der Waals surface area contributed by atoms with E-state index in [1.165, 1.54) is 11.8 Å². The van der Waals surface area contributed by atoms with Crippen molar-refractivity contribution in [3.63, 3.8) is 0 Å². The Morgan fingerprint density at radius 3 is 2.93 bits per heavy atom. The molecule has 1 unspecified atom stereocenters. The molecule has 1 fully saturated rings. The van der Waals surface area contributed by atoms with Crippen LogP contribution >= 0.6 is 11.8 Å². The highest BCUT2D eigenvalue weighted by Crippen LogP contribution is 2.47. The Hall–Kier alpha value is -0.460. The zero-order chi connectivity index (χ0) is 10.9. The topological polar surface area (TPSA) is 63.1 Å². The van der Waals surface area contributed by atoms with E-state index in [-0.39, 0.29) is 11.2 Å². The van der Waals surface area contributed by atoms with Crippen molar-refractivity contribution >= 4 is 22.8 Å². The molecule has 0 amide bonds. The third kappa shape index (κ3) is 2.38. The van der Waals surface area contributed by atoms with Gasteiger partial charge in [0.15, 0.2) is 16.2 Å². The van der Waals surface area contributed by atoms with Gasteiger partial charge >= 0.3 is 0 Å². The van der Waals surface area contributed by atoms with E-state index in [0.29, 0.717) is 0 Å². The van der Waals surface area contributed by atoms with Crippen molar-refractivity contribution in [2.75, 3.05) is 12.0 Å². The van der Waals surface area contributed by atoms with Crippen molar-refractivity contribution < 1.29 is 8.76 Å². The van der Waals surface area contributed by atoms with Gasteiger partial charge in [-0.3, -0.25) is 0 Å². The Balaban J connectivity index is 2.25. The average Bonchev–Trinajstić information content (AvgIpc) is 2.98. The van der Waals surface area contributed by atoms with E-state index >= 15 is 0 Å². The molecule has 0 radical (unpaired) electrons. The van der Waals surface area contributed by atoms with Crippen LogP contribution in [-0.4, -0.2) is 30.7 Å². The normalized spacial score (nSPS) is 19.9. The summed E-state index contributed by atoms with van der Waals surface area (Å²) in [5.74, 6) is 0.290. The van der Waals surface area contributed by atoms with Crippen molar-refractivity contribution in [3.05, 3.63) is 18.0 Å². The van der Waals surface area contributed by atoms with E-state index in [2.05, 4.69) is 9.97 Å². The van der Waals surface area contributed by atoms with Gasteiger partial charge in [0, 0.05) is 11.6 Å². The van der Waals surface area contributed by atoms with Gasteiger partial charge in [-0.05, 0) is 25.2 Å². The zero-order valence-electron chi connectivity index (χ0n) is 8.34. The molecule has 1 atom stereocenters. The fraction of sp³-hybridized carbons (Fsp3) is 0.556. The Bertz CT molecular complexity index is 393. The molecule has 1 aliphatic rings. The molecular formula is C9H12N2O2S2. The van der Waals surface area contributed by atoms with Gasteiger partial charge in [-0.2, -0.15) is 0 Å².